The maximum Gasteiger partial charge on any atom is 0.225 e. The number of nitrogens with zero attached hydrogens (tertiary/aromatic N) is 5. The minimum absolute atomic E-state index is 0.131. The number of hydrogen-bond donors (Lipinski definition) is 0. The summed E-state index contributed by atoms with van der Waals surface area (Å²) < 4.78 is 7.27. The summed E-state index contributed by atoms with van der Waals surface area (Å²) in [5.41, 5.74) is 2.02. The quantitative estimate of drug-likeness (QED) is 0.846. The van der Waals surface area contributed by atoms with Gasteiger partial charge in [0.1, 0.15) is 5.52 Å². The monoisotopic (exact) mass is 343 g/mol. The molecule has 7 heteroatoms. The van der Waals surface area contributed by atoms with E-state index in [4.69, 9.17) is 9.72 Å². The number of rotatable bonds is 3. The van der Waals surface area contributed by atoms with Gasteiger partial charge in [0, 0.05) is 52.2 Å². The third-order valence-electron chi connectivity index (χ3n) is 5.30. The smallest absolute Gasteiger partial charge is 0.225 e. The summed E-state index contributed by atoms with van der Waals surface area (Å²) in [5, 5.41) is 4.38. The summed E-state index contributed by atoms with van der Waals surface area (Å²) in [6.45, 7) is 2.98. The third-order valence-corrected chi connectivity index (χ3v) is 5.30. The average Bonchev–Trinajstić information content (AvgIpc) is 3.30. The van der Waals surface area contributed by atoms with E-state index < -0.39 is 0 Å². The molecule has 1 atom stereocenters. The fourth-order valence-electron chi connectivity index (χ4n) is 3.86. The second kappa shape index (κ2) is 6.63. The standard InChI is InChI=1S/C18H25N5O2/c1-21(2)17-16-3-7-19-23(16)12-15(20-17)14-4-8-22(11-14)18(24)13-5-9-25-10-6-13/h3,7,12-14H,4-6,8-11H2,1-2H3. The molecule has 134 valence electrons. The molecule has 0 aliphatic carbocycles. The molecule has 2 fully saturated rings. The number of aromatic nitrogens is 3. The molecule has 0 aromatic carbocycles. The van der Waals surface area contributed by atoms with Crippen molar-refractivity contribution in [3.8, 4) is 0 Å². The number of carbonyl (C=O) groups is 1. The minimum atomic E-state index is 0.131. The van der Waals surface area contributed by atoms with Crippen LogP contribution >= 0.6 is 0 Å². The predicted molar refractivity (Wildman–Crippen MR) is 94.8 cm³/mol. The summed E-state index contributed by atoms with van der Waals surface area (Å²) in [6, 6.07) is 1.97. The Bertz CT molecular complexity index is 766. The van der Waals surface area contributed by atoms with Crippen LogP contribution in [0.15, 0.2) is 18.5 Å². The number of likely N-dealkylation sites (tertiary alicyclic amines) is 1. The van der Waals surface area contributed by atoms with Gasteiger partial charge in [0.25, 0.3) is 0 Å². The van der Waals surface area contributed by atoms with E-state index in [-0.39, 0.29) is 11.8 Å². The minimum Gasteiger partial charge on any atom is -0.381 e. The molecule has 0 spiro atoms. The zero-order chi connectivity index (χ0) is 17.4. The largest absolute Gasteiger partial charge is 0.381 e. The Hall–Kier alpha value is -2.15. The van der Waals surface area contributed by atoms with Crippen molar-refractivity contribution in [1.82, 2.24) is 19.5 Å². The summed E-state index contributed by atoms with van der Waals surface area (Å²) in [6.07, 6.45) is 6.46. The molecular weight excluding hydrogens is 318 g/mol. The van der Waals surface area contributed by atoms with Crippen LogP contribution in [0.2, 0.25) is 0 Å². The maximum absolute atomic E-state index is 12.7. The Balaban J connectivity index is 1.53. The Morgan fingerprint density at radius 3 is 2.84 bits per heavy atom. The molecule has 0 saturated carbocycles. The lowest BCUT2D eigenvalue weighted by molar-refractivity contribution is -0.137. The van der Waals surface area contributed by atoms with Crippen LogP contribution in [-0.4, -0.2) is 65.8 Å². The third kappa shape index (κ3) is 3.08. The Morgan fingerprint density at radius 2 is 2.08 bits per heavy atom. The topological polar surface area (TPSA) is 63.0 Å². The Morgan fingerprint density at radius 1 is 1.28 bits per heavy atom. The van der Waals surface area contributed by atoms with Crippen molar-refractivity contribution in [2.45, 2.75) is 25.2 Å². The lowest BCUT2D eigenvalue weighted by atomic mass is 9.99. The molecule has 0 N–H and O–H groups in total. The van der Waals surface area contributed by atoms with Crippen molar-refractivity contribution in [3.05, 3.63) is 24.2 Å². The van der Waals surface area contributed by atoms with Crippen molar-refractivity contribution in [2.75, 3.05) is 45.3 Å². The predicted octanol–water partition coefficient (Wildman–Crippen LogP) is 1.54. The molecule has 2 aromatic heterocycles. The summed E-state index contributed by atoms with van der Waals surface area (Å²) >= 11 is 0. The van der Waals surface area contributed by atoms with Gasteiger partial charge in [0.15, 0.2) is 5.82 Å². The van der Waals surface area contributed by atoms with Crippen LogP contribution < -0.4 is 4.90 Å². The van der Waals surface area contributed by atoms with Gasteiger partial charge >= 0.3 is 0 Å². The van der Waals surface area contributed by atoms with E-state index in [9.17, 15) is 4.79 Å². The van der Waals surface area contributed by atoms with Crippen LogP contribution in [0.3, 0.4) is 0 Å². The number of ether oxygens (including phenoxy) is 1. The van der Waals surface area contributed by atoms with Crippen molar-refractivity contribution in [2.24, 2.45) is 5.92 Å². The van der Waals surface area contributed by atoms with E-state index in [1.54, 1.807) is 6.20 Å². The van der Waals surface area contributed by atoms with E-state index in [1.165, 1.54) is 0 Å². The van der Waals surface area contributed by atoms with Crippen LogP contribution in [0.1, 0.15) is 30.9 Å². The van der Waals surface area contributed by atoms with Gasteiger partial charge in [-0.2, -0.15) is 5.10 Å². The molecule has 0 bridgehead atoms. The van der Waals surface area contributed by atoms with Gasteiger partial charge < -0.3 is 14.5 Å². The zero-order valence-corrected chi connectivity index (χ0v) is 14.9. The van der Waals surface area contributed by atoms with Gasteiger partial charge in [-0.3, -0.25) is 4.79 Å². The van der Waals surface area contributed by atoms with Crippen molar-refractivity contribution in [3.63, 3.8) is 0 Å². The summed E-state index contributed by atoms with van der Waals surface area (Å²) in [7, 11) is 3.99. The van der Waals surface area contributed by atoms with E-state index in [0.717, 1.165) is 49.4 Å². The molecule has 1 unspecified atom stereocenters. The van der Waals surface area contributed by atoms with Crippen LogP contribution in [0.4, 0.5) is 5.82 Å². The first kappa shape index (κ1) is 16.3. The Kier molecular flexibility index (Phi) is 4.33. The number of hydrogen-bond acceptors (Lipinski definition) is 5. The van der Waals surface area contributed by atoms with Crippen LogP contribution in [0.25, 0.3) is 5.52 Å². The van der Waals surface area contributed by atoms with Gasteiger partial charge in [-0.1, -0.05) is 0 Å². The first-order valence-corrected chi connectivity index (χ1v) is 9.01. The Labute approximate surface area is 147 Å². The van der Waals surface area contributed by atoms with Crippen molar-refractivity contribution in [1.29, 1.82) is 0 Å². The maximum atomic E-state index is 12.7. The van der Waals surface area contributed by atoms with E-state index in [1.807, 2.05) is 40.7 Å². The molecule has 2 aromatic rings. The SMILES string of the molecule is CN(C)c1nc(C2CCN(C(=O)C3CCOCC3)C2)cn2nccc12. The molecule has 25 heavy (non-hydrogen) atoms. The second-order valence-corrected chi connectivity index (χ2v) is 7.20. The summed E-state index contributed by atoms with van der Waals surface area (Å²) in [4.78, 5) is 21.6. The normalized spacial score (nSPS) is 21.8. The number of carbonyl (C=O) groups excluding carboxylic acids is 1. The highest BCUT2D eigenvalue weighted by atomic mass is 16.5. The van der Waals surface area contributed by atoms with Crippen LogP contribution in [0.5, 0.6) is 0 Å². The zero-order valence-electron chi connectivity index (χ0n) is 14.9. The lowest BCUT2D eigenvalue weighted by Gasteiger charge is -2.26. The molecule has 2 aliphatic heterocycles. The van der Waals surface area contributed by atoms with Crippen LogP contribution in [-0.2, 0) is 9.53 Å². The highest BCUT2D eigenvalue weighted by Gasteiger charge is 2.33. The van der Waals surface area contributed by atoms with Gasteiger partial charge in [-0.05, 0) is 25.3 Å². The highest BCUT2D eigenvalue weighted by Crippen LogP contribution is 2.30. The second-order valence-electron chi connectivity index (χ2n) is 7.20. The van der Waals surface area contributed by atoms with Gasteiger partial charge in [0.2, 0.25) is 5.91 Å². The molecule has 2 saturated heterocycles. The molecule has 2 aliphatic rings. The molecule has 4 heterocycles. The van der Waals surface area contributed by atoms with Crippen molar-refractivity contribution >= 4 is 17.2 Å². The lowest BCUT2D eigenvalue weighted by Crippen LogP contribution is -2.37. The van der Waals surface area contributed by atoms with E-state index >= 15 is 0 Å². The van der Waals surface area contributed by atoms with Gasteiger partial charge in [-0.15, -0.1) is 0 Å². The number of amides is 1. The number of anilines is 1. The first-order chi connectivity index (χ1) is 12.1. The molecule has 0 radical (unpaired) electrons. The van der Waals surface area contributed by atoms with Crippen molar-refractivity contribution < 1.29 is 9.53 Å². The molecule has 4 rings (SSSR count). The first-order valence-electron chi connectivity index (χ1n) is 9.01. The van der Waals surface area contributed by atoms with Gasteiger partial charge in [0.05, 0.1) is 18.1 Å². The molecule has 7 nitrogen and oxygen atoms in total. The molecular formula is C18H25N5O2. The van der Waals surface area contributed by atoms with E-state index in [2.05, 4.69) is 5.10 Å². The number of fused-ring (bicyclic) bond motifs is 1. The van der Waals surface area contributed by atoms with E-state index in [0.29, 0.717) is 19.1 Å². The fourth-order valence-corrected chi connectivity index (χ4v) is 3.86. The highest BCUT2D eigenvalue weighted by molar-refractivity contribution is 5.79. The van der Waals surface area contributed by atoms with Gasteiger partial charge in [-0.25, -0.2) is 9.50 Å². The average molecular weight is 343 g/mol. The summed E-state index contributed by atoms with van der Waals surface area (Å²) in [5.74, 6) is 1.62. The van der Waals surface area contributed by atoms with Crippen LogP contribution in [0, 0.1) is 5.92 Å². The molecule has 1 amide bonds. The fraction of sp³-hybridized carbons (Fsp3) is 0.611.